The van der Waals surface area contributed by atoms with E-state index >= 15 is 0 Å². The molecular formula is C7H8N2O3. The van der Waals surface area contributed by atoms with Gasteiger partial charge in [0.15, 0.2) is 0 Å². The van der Waals surface area contributed by atoms with Crippen LogP contribution in [0.1, 0.15) is 11.3 Å². The molecule has 0 saturated carbocycles. The summed E-state index contributed by atoms with van der Waals surface area (Å²) in [4.78, 5) is 17.9. The van der Waals surface area contributed by atoms with Gasteiger partial charge in [-0.25, -0.2) is 0 Å². The molecule has 1 aromatic heterocycles. The quantitative estimate of drug-likeness (QED) is 0.500. The fourth-order valence-electron chi connectivity index (χ4n) is 0.711. The summed E-state index contributed by atoms with van der Waals surface area (Å²) in [5.41, 5.74) is 1.57. The van der Waals surface area contributed by atoms with Gasteiger partial charge in [0.05, 0.1) is 0 Å². The topological polar surface area (TPSA) is 65.3 Å². The van der Waals surface area contributed by atoms with Crippen molar-refractivity contribution in [3.63, 3.8) is 0 Å². The van der Waals surface area contributed by atoms with Gasteiger partial charge in [0.1, 0.15) is 6.61 Å². The van der Waals surface area contributed by atoms with Crippen molar-refractivity contribution in [1.29, 1.82) is 0 Å². The van der Waals surface area contributed by atoms with Gasteiger partial charge in [-0.15, -0.1) is 10.1 Å². The van der Waals surface area contributed by atoms with E-state index < -0.39 is 5.09 Å². The molecule has 0 radical (unpaired) electrons. The van der Waals surface area contributed by atoms with Gasteiger partial charge >= 0.3 is 0 Å². The predicted molar refractivity (Wildman–Crippen MR) is 40.8 cm³/mol. The maximum Gasteiger partial charge on any atom is 0.294 e. The summed E-state index contributed by atoms with van der Waals surface area (Å²) >= 11 is 0. The first-order valence-electron chi connectivity index (χ1n) is 3.37. The van der Waals surface area contributed by atoms with Gasteiger partial charge in [0.25, 0.3) is 5.09 Å². The van der Waals surface area contributed by atoms with E-state index in [1.165, 1.54) is 0 Å². The summed E-state index contributed by atoms with van der Waals surface area (Å²) in [6, 6.07) is 3.52. The number of aromatic nitrogens is 1. The molecule has 0 saturated heterocycles. The number of nitrogens with zero attached hydrogens (tertiary/aromatic N) is 2. The minimum atomic E-state index is -0.820. The molecule has 0 fully saturated rings. The van der Waals surface area contributed by atoms with Crippen molar-refractivity contribution in [3.05, 3.63) is 39.7 Å². The molecule has 0 amide bonds. The first kappa shape index (κ1) is 8.45. The van der Waals surface area contributed by atoms with Crippen molar-refractivity contribution in [1.82, 2.24) is 4.98 Å². The Kier molecular flexibility index (Phi) is 2.57. The van der Waals surface area contributed by atoms with E-state index in [2.05, 4.69) is 9.82 Å². The van der Waals surface area contributed by atoms with Gasteiger partial charge in [-0.2, -0.15) is 0 Å². The highest BCUT2D eigenvalue weighted by Crippen LogP contribution is 2.00. The lowest BCUT2D eigenvalue weighted by molar-refractivity contribution is -0.763. The number of hydrogen-bond donors (Lipinski definition) is 0. The summed E-state index contributed by atoms with van der Waals surface area (Å²) in [5, 5.41) is 8.98. The molecule has 1 heterocycles. The van der Waals surface area contributed by atoms with Gasteiger partial charge in [-0.3, -0.25) is 4.98 Å². The summed E-state index contributed by atoms with van der Waals surface area (Å²) < 4.78 is 0. The molecule has 0 aromatic carbocycles. The maximum atomic E-state index is 9.80. The smallest absolute Gasteiger partial charge is 0.294 e. The SMILES string of the molecule is Cc1ccc(CO[N+](=O)[O-])cn1. The van der Waals surface area contributed by atoms with Crippen LogP contribution in [0.15, 0.2) is 18.3 Å². The van der Waals surface area contributed by atoms with Crippen LogP contribution in [0.2, 0.25) is 0 Å². The molecule has 5 nitrogen and oxygen atoms in total. The van der Waals surface area contributed by atoms with Crippen LogP contribution in [0.3, 0.4) is 0 Å². The number of hydrogen-bond acceptors (Lipinski definition) is 4. The Morgan fingerprint density at radius 3 is 2.92 bits per heavy atom. The maximum absolute atomic E-state index is 9.80. The van der Waals surface area contributed by atoms with Crippen LogP contribution in [0.5, 0.6) is 0 Å². The molecule has 1 rings (SSSR count). The molecular weight excluding hydrogens is 160 g/mol. The van der Waals surface area contributed by atoms with Gasteiger partial charge < -0.3 is 4.84 Å². The van der Waals surface area contributed by atoms with Gasteiger partial charge in [-0.05, 0) is 18.6 Å². The Hall–Kier alpha value is -1.65. The van der Waals surface area contributed by atoms with E-state index in [1.807, 2.05) is 6.92 Å². The monoisotopic (exact) mass is 168 g/mol. The second-order valence-corrected chi connectivity index (χ2v) is 2.30. The Labute approximate surface area is 69.1 Å². The van der Waals surface area contributed by atoms with Crippen molar-refractivity contribution in [2.45, 2.75) is 13.5 Å². The fourth-order valence-corrected chi connectivity index (χ4v) is 0.711. The van der Waals surface area contributed by atoms with Gasteiger partial charge in [0.2, 0.25) is 0 Å². The molecule has 0 unspecified atom stereocenters. The minimum absolute atomic E-state index is 0.0414. The Morgan fingerprint density at radius 1 is 1.67 bits per heavy atom. The number of pyridine rings is 1. The van der Waals surface area contributed by atoms with Crippen molar-refractivity contribution in [2.75, 3.05) is 0 Å². The molecule has 0 bridgehead atoms. The van der Waals surface area contributed by atoms with E-state index in [0.717, 1.165) is 5.69 Å². The largest absolute Gasteiger partial charge is 0.309 e. The molecule has 0 atom stereocenters. The van der Waals surface area contributed by atoms with Crippen LogP contribution in [0.4, 0.5) is 0 Å². The zero-order valence-electron chi connectivity index (χ0n) is 6.56. The second-order valence-electron chi connectivity index (χ2n) is 2.30. The third-order valence-electron chi connectivity index (χ3n) is 1.31. The van der Waals surface area contributed by atoms with Gasteiger partial charge in [-0.1, -0.05) is 6.07 Å². The number of aryl methyl sites for hydroxylation is 1. The highest BCUT2D eigenvalue weighted by molar-refractivity contribution is 5.11. The van der Waals surface area contributed by atoms with Crippen LogP contribution in [0.25, 0.3) is 0 Å². The molecule has 12 heavy (non-hydrogen) atoms. The minimum Gasteiger partial charge on any atom is -0.309 e. The molecule has 1 aromatic rings. The van der Waals surface area contributed by atoms with Crippen molar-refractivity contribution in [2.24, 2.45) is 0 Å². The average molecular weight is 168 g/mol. The Morgan fingerprint density at radius 2 is 2.42 bits per heavy atom. The number of rotatable bonds is 3. The second kappa shape index (κ2) is 3.66. The molecule has 0 aliphatic rings. The Bertz CT molecular complexity index is 270. The van der Waals surface area contributed by atoms with Crippen LogP contribution in [-0.4, -0.2) is 10.1 Å². The normalized spacial score (nSPS) is 9.42. The van der Waals surface area contributed by atoms with Crippen LogP contribution >= 0.6 is 0 Å². The lowest BCUT2D eigenvalue weighted by atomic mass is 10.3. The van der Waals surface area contributed by atoms with Crippen molar-refractivity contribution >= 4 is 0 Å². The fraction of sp³-hybridized carbons (Fsp3) is 0.286. The predicted octanol–water partition coefficient (Wildman–Crippen LogP) is 1.10. The first-order valence-corrected chi connectivity index (χ1v) is 3.37. The standard InChI is InChI=1S/C7H8N2O3/c1-6-2-3-7(4-8-6)5-12-9(10)11/h2-4H,5H2,1H3. The van der Waals surface area contributed by atoms with E-state index in [-0.39, 0.29) is 6.61 Å². The average Bonchev–Trinajstić information content (AvgIpc) is 2.03. The van der Waals surface area contributed by atoms with E-state index in [0.29, 0.717) is 5.56 Å². The van der Waals surface area contributed by atoms with E-state index in [4.69, 9.17) is 0 Å². The molecule has 64 valence electrons. The Balaban J connectivity index is 2.53. The molecule has 0 spiro atoms. The van der Waals surface area contributed by atoms with E-state index in [9.17, 15) is 10.1 Å². The van der Waals surface area contributed by atoms with Crippen molar-refractivity contribution < 1.29 is 9.92 Å². The van der Waals surface area contributed by atoms with E-state index in [1.54, 1.807) is 18.3 Å². The van der Waals surface area contributed by atoms with Gasteiger partial charge in [0, 0.05) is 11.9 Å². The van der Waals surface area contributed by atoms with Crippen LogP contribution in [0, 0.1) is 17.0 Å². The van der Waals surface area contributed by atoms with Crippen LogP contribution < -0.4 is 0 Å². The third kappa shape index (κ3) is 2.53. The first-order chi connectivity index (χ1) is 5.68. The molecule has 0 aliphatic carbocycles. The van der Waals surface area contributed by atoms with Crippen LogP contribution in [-0.2, 0) is 11.4 Å². The molecule has 5 heteroatoms. The lowest BCUT2D eigenvalue weighted by Gasteiger charge is -1.98. The summed E-state index contributed by atoms with van der Waals surface area (Å²) in [5.74, 6) is 0. The summed E-state index contributed by atoms with van der Waals surface area (Å²) in [6.45, 7) is 1.80. The zero-order chi connectivity index (χ0) is 8.97. The van der Waals surface area contributed by atoms with Crippen molar-refractivity contribution in [3.8, 4) is 0 Å². The zero-order valence-corrected chi connectivity index (χ0v) is 6.56. The summed E-state index contributed by atoms with van der Waals surface area (Å²) in [7, 11) is 0. The third-order valence-corrected chi connectivity index (χ3v) is 1.31. The highest BCUT2D eigenvalue weighted by atomic mass is 16.9. The highest BCUT2D eigenvalue weighted by Gasteiger charge is 1.96. The molecule has 0 N–H and O–H groups in total. The summed E-state index contributed by atoms with van der Waals surface area (Å²) in [6.07, 6.45) is 1.55. The lowest BCUT2D eigenvalue weighted by Crippen LogP contribution is -2.00. The molecule has 0 aliphatic heterocycles.